The Morgan fingerprint density at radius 2 is 1.41 bits per heavy atom. The van der Waals surface area contributed by atoms with Gasteiger partial charge in [0.1, 0.15) is 11.6 Å². The van der Waals surface area contributed by atoms with E-state index in [0.29, 0.717) is 29.5 Å². The van der Waals surface area contributed by atoms with Gasteiger partial charge in [-0.05, 0) is 67.7 Å². The van der Waals surface area contributed by atoms with Crippen LogP contribution in [0.3, 0.4) is 0 Å². The van der Waals surface area contributed by atoms with Gasteiger partial charge in [0.25, 0.3) is 0 Å². The van der Waals surface area contributed by atoms with Crippen molar-refractivity contribution in [1.29, 1.82) is 0 Å². The zero-order valence-electron chi connectivity index (χ0n) is 23.8. The summed E-state index contributed by atoms with van der Waals surface area (Å²) in [6.45, 7) is 5.15. The molecule has 0 spiro atoms. The largest absolute Gasteiger partial charge is 0.493 e. The van der Waals surface area contributed by atoms with Crippen molar-refractivity contribution < 1.29 is 9.13 Å². The lowest BCUT2D eigenvalue weighted by molar-refractivity contribution is 0.301. The van der Waals surface area contributed by atoms with Gasteiger partial charge in [0.15, 0.2) is 0 Å². The first-order chi connectivity index (χ1) is 18.2. The Morgan fingerprint density at radius 1 is 0.757 bits per heavy atom. The van der Waals surface area contributed by atoms with Gasteiger partial charge in [0.2, 0.25) is 0 Å². The molecule has 0 atom stereocenters. The Hall–Kier alpha value is -1.90. The molecule has 1 aliphatic carbocycles. The topological polar surface area (TPSA) is 22.1 Å². The van der Waals surface area contributed by atoms with Crippen LogP contribution in [0.1, 0.15) is 141 Å². The highest BCUT2D eigenvalue weighted by Gasteiger charge is 2.22. The van der Waals surface area contributed by atoms with Gasteiger partial charge in [-0.25, -0.2) is 4.39 Å². The predicted octanol–water partition coefficient (Wildman–Crippen LogP) is 11.0. The van der Waals surface area contributed by atoms with Crippen LogP contribution in [0, 0.1) is 11.7 Å². The van der Waals surface area contributed by atoms with E-state index >= 15 is 0 Å². The summed E-state index contributed by atoms with van der Waals surface area (Å²) in [4.78, 5) is 4.65. The highest BCUT2D eigenvalue weighted by Crippen LogP contribution is 2.38. The van der Waals surface area contributed by atoms with Crippen LogP contribution in [0.15, 0.2) is 36.5 Å². The first kappa shape index (κ1) is 29.7. The predicted molar refractivity (Wildman–Crippen MR) is 156 cm³/mol. The maximum absolute atomic E-state index is 14.8. The van der Waals surface area contributed by atoms with Crippen molar-refractivity contribution in [3.8, 4) is 17.0 Å². The average molecular weight is 510 g/mol. The van der Waals surface area contributed by atoms with Crippen LogP contribution in [0.5, 0.6) is 5.75 Å². The summed E-state index contributed by atoms with van der Waals surface area (Å²) < 4.78 is 20.6. The molecule has 0 radical (unpaired) electrons. The number of hydrogen-bond donors (Lipinski definition) is 0. The zero-order chi connectivity index (χ0) is 26.1. The number of pyridine rings is 1. The van der Waals surface area contributed by atoms with E-state index in [4.69, 9.17) is 4.74 Å². The monoisotopic (exact) mass is 509 g/mol. The number of benzene rings is 1. The average Bonchev–Trinajstić information content (AvgIpc) is 2.93. The third-order valence-corrected chi connectivity index (χ3v) is 8.30. The highest BCUT2D eigenvalue weighted by molar-refractivity contribution is 5.61. The summed E-state index contributed by atoms with van der Waals surface area (Å²) in [5.41, 5.74) is 2.57. The van der Waals surface area contributed by atoms with Crippen molar-refractivity contribution in [3.63, 3.8) is 0 Å². The Morgan fingerprint density at radius 3 is 2.03 bits per heavy atom. The normalized spacial score (nSPS) is 17.7. The second kappa shape index (κ2) is 17.6. The summed E-state index contributed by atoms with van der Waals surface area (Å²) in [7, 11) is 0. The maximum Gasteiger partial charge on any atom is 0.136 e. The molecule has 0 saturated heterocycles. The number of unbranched alkanes of at least 4 members (excludes halogenated alkanes) is 11. The highest BCUT2D eigenvalue weighted by atomic mass is 19.1. The first-order valence-electron chi connectivity index (χ1n) is 15.6. The van der Waals surface area contributed by atoms with Crippen LogP contribution in [0.25, 0.3) is 11.3 Å². The van der Waals surface area contributed by atoms with Gasteiger partial charge in [-0.3, -0.25) is 4.98 Å². The summed E-state index contributed by atoms with van der Waals surface area (Å²) in [6, 6.07) is 9.35. The molecule has 0 amide bonds. The number of halogens is 1. The summed E-state index contributed by atoms with van der Waals surface area (Å²) in [6.07, 6.45) is 25.8. The fourth-order valence-corrected chi connectivity index (χ4v) is 5.85. The van der Waals surface area contributed by atoms with E-state index in [1.165, 1.54) is 121 Å². The van der Waals surface area contributed by atoms with E-state index in [9.17, 15) is 4.39 Å². The minimum atomic E-state index is -0.259. The molecule has 0 unspecified atom stereocenters. The van der Waals surface area contributed by atoms with Gasteiger partial charge in [0.05, 0.1) is 12.3 Å². The second-order valence-corrected chi connectivity index (χ2v) is 11.4. The molecule has 0 aliphatic heterocycles. The molecular weight excluding hydrogens is 457 g/mol. The smallest absolute Gasteiger partial charge is 0.136 e. The van der Waals surface area contributed by atoms with Crippen LogP contribution < -0.4 is 4.74 Å². The lowest BCUT2D eigenvalue weighted by Crippen LogP contribution is -2.13. The Labute approximate surface area is 226 Å². The molecule has 1 fully saturated rings. The third-order valence-electron chi connectivity index (χ3n) is 8.30. The number of rotatable bonds is 18. The molecular formula is C34H52FNO. The van der Waals surface area contributed by atoms with Crippen molar-refractivity contribution in [2.24, 2.45) is 5.92 Å². The Bertz CT molecular complexity index is 857. The Kier molecular flexibility index (Phi) is 14.1. The van der Waals surface area contributed by atoms with E-state index in [0.717, 1.165) is 12.3 Å². The van der Waals surface area contributed by atoms with Gasteiger partial charge < -0.3 is 4.74 Å². The lowest BCUT2D eigenvalue weighted by atomic mass is 9.77. The minimum Gasteiger partial charge on any atom is -0.493 e. The van der Waals surface area contributed by atoms with Crippen LogP contribution in [-0.2, 0) is 0 Å². The van der Waals surface area contributed by atoms with E-state index in [2.05, 4.69) is 24.9 Å². The Balaban J connectivity index is 1.37. The van der Waals surface area contributed by atoms with E-state index < -0.39 is 0 Å². The van der Waals surface area contributed by atoms with Crippen LogP contribution in [-0.4, -0.2) is 11.6 Å². The number of nitrogens with zero attached hydrogens (tertiary/aromatic N) is 1. The summed E-state index contributed by atoms with van der Waals surface area (Å²) in [5, 5.41) is 0. The molecule has 2 aromatic rings. The molecule has 0 bridgehead atoms. The van der Waals surface area contributed by atoms with Gasteiger partial charge in [-0.15, -0.1) is 0 Å². The van der Waals surface area contributed by atoms with Crippen LogP contribution in [0.4, 0.5) is 4.39 Å². The molecule has 206 valence electrons. The molecule has 1 heterocycles. The fraction of sp³-hybridized carbons (Fsp3) is 0.676. The second-order valence-electron chi connectivity index (χ2n) is 11.4. The van der Waals surface area contributed by atoms with Crippen molar-refractivity contribution >= 4 is 0 Å². The van der Waals surface area contributed by atoms with Crippen molar-refractivity contribution in [3.05, 3.63) is 47.9 Å². The van der Waals surface area contributed by atoms with Crippen molar-refractivity contribution in [1.82, 2.24) is 4.98 Å². The van der Waals surface area contributed by atoms with Crippen molar-refractivity contribution in [2.75, 3.05) is 6.61 Å². The van der Waals surface area contributed by atoms with Gasteiger partial charge in [0, 0.05) is 17.8 Å². The number of ether oxygens (including phenoxy) is 1. The minimum absolute atomic E-state index is 0.259. The molecule has 1 aliphatic rings. The maximum atomic E-state index is 14.8. The molecule has 3 rings (SSSR count). The van der Waals surface area contributed by atoms with Crippen LogP contribution >= 0.6 is 0 Å². The molecule has 37 heavy (non-hydrogen) atoms. The quantitative estimate of drug-likeness (QED) is 0.186. The SMILES string of the molecule is CCCCCCCCCCC1CCC(c2ccc(-c3ccc(OCCCCCCC)cc3F)nc2)CC1. The van der Waals surface area contributed by atoms with E-state index in [1.807, 2.05) is 18.3 Å². The van der Waals surface area contributed by atoms with Gasteiger partial charge in [-0.2, -0.15) is 0 Å². The van der Waals surface area contributed by atoms with Gasteiger partial charge in [-0.1, -0.05) is 103 Å². The summed E-state index contributed by atoms with van der Waals surface area (Å²) in [5.74, 6) is 1.87. The zero-order valence-corrected chi connectivity index (χ0v) is 23.8. The van der Waals surface area contributed by atoms with E-state index in [1.54, 1.807) is 6.07 Å². The van der Waals surface area contributed by atoms with Crippen molar-refractivity contribution in [2.45, 2.75) is 135 Å². The first-order valence-corrected chi connectivity index (χ1v) is 15.6. The van der Waals surface area contributed by atoms with Crippen LogP contribution in [0.2, 0.25) is 0 Å². The third kappa shape index (κ3) is 10.8. The molecule has 1 aromatic carbocycles. The fourth-order valence-electron chi connectivity index (χ4n) is 5.85. The number of hydrogen-bond acceptors (Lipinski definition) is 2. The molecule has 1 aromatic heterocycles. The molecule has 3 heteroatoms. The molecule has 2 nitrogen and oxygen atoms in total. The molecule has 0 N–H and O–H groups in total. The standard InChI is InChI=1S/C34H52FNO/c1-3-5-7-9-10-11-12-14-16-28-17-19-29(20-18-28)30-21-24-34(36-27-30)32-23-22-31(26-33(32)35)37-25-15-13-8-6-4-2/h21-24,26-29H,3-20,25H2,1-2H3. The van der Waals surface area contributed by atoms with Gasteiger partial charge >= 0.3 is 0 Å². The lowest BCUT2D eigenvalue weighted by Gasteiger charge is -2.28. The summed E-state index contributed by atoms with van der Waals surface area (Å²) >= 11 is 0. The van der Waals surface area contributed by atoms with E-state index in [-0.39, 0.29) is 5.82 Å². The number of aromatic nitrogens is 1. The molecule has 1 saturated carbocycles.